The van der Waals surface area contributed by atoms with E-state index in [9.17, 15) is 9.59 Å². The molecule has 1 heterocycles. The van der Waals surface area contributed by atoms with Crippen LogP contribution in [0.15, 0.2) is 30.4 Å². The number of fused-ring (bicyclic) bond motifs is 1. The Labute approximate surface area is 131 Å². The van der Waals surface area contributed by atoms with E-state index in [1.165, 1.54) is 24.0 Å². The van der Waals surface area contributed by atoms with Gasteiger partial charge in [0, 0.05) is 18.5 Å². The van der Waals surface area contributed by atoms with Gasteiger partial charge in [-0.05, 0) is 55.2 Å². The minimum atomic E-state index is -0.258. The Kier molecular flexibility index (Phi) is 3.17. The van der Waals surface area contributed by atoms with Gasteiger partial charge in [0.15, 0.2) is 5.78 Å². The van der Waals surface area contributed by atoms with E-state index in [0.717, 1.165) is 30.4 Å². The van der Waals surface area contributed by atoms with Crippen molar-refractivity contribution in [1.82, 2.24) is 4.90 Å². The molecule has 1 aliphatic heterocycles. The number of allylic oxidation sites excluding steroid dienone is 1. The van der Waals surface area contributed by atoms with Gasteiger partial charge in [-0.3, -0.25) is 9.59 Å². The molecule has 22 heavy (non-hydrogen) atoms. The standard InChI is InChI=1S/C19H21NO2/c1-12-4-2-7-17(18(21)10-12)20-11-16-14(13-8-9-13)5-3-6-15(16)19(20)22/h3,5-6,13,17H,1-2,4,7-11H2/t17-/m0/s1. The van der Waals surface area contributed by atoms with Crippen molar-refractivity contribution < 1.29 is 9.59 Å². The van der Waals surface area contributed by atoms with Gasteiger partial charge >= 0.3 is 0 Å². The molecule has 1 atom stereocenters. The highest BCUT2D eigenvalue weighted by molar-refractivity contribution is 6.02. The molecule has 4 rings (SSSR count). The molecule has 0 saturated heterocycles. The van der Waals surface area contributed by atoms with Crippen molar-refractivity contribution in [1.29, 1.82) is 0 Å². The van der Waals surface area contributed by atoms with Crippen LogP contribution < -0.4 is 0 Å². The fraction of sp³-hybridized carbons (Fsp3) is 0.474. The molecule has 0 N–H and O–H groups in total. The lowest BCUT2D eigenvalue weighted by Crippen LogP contribution is -2.40. The maximum atomic E-state index is 12.8. The highest BCUT2D eigenvalue weighted by atomic mass is 16.2. The van der Waals surface area contributed by atoms with Gasteiger partial charge in [0.05, 0.1) is 6.04 Å². The number of benzene rings is 1. The fourth-order valence-electron chi connectivity index (χ4n) is 3.90. The number of hydrogen-bond donors (Lipinski definition) is 0. The summed E-state index contributed by atoms with van der Waals surface area (Å²) in [5.74, 6) is 0.840. The molecule has 2 fully saturated rings. The molecule has 0 spiro atoms. The monoisotopic (exact) mass is 295 g/mol. The summed E-state index contributed by atoms with van der Waals surface area (Å²) in [6.07, 6.45) is 5.52. The second kappa shape index (κ2) is 5.08. The highest BCUT2D eigenvalue weighted by Gasteiger charge is 2.39. The summed E-state index contributed by atoms with van der Waals surface area (Å²) < 4.78 is 0. The van der Waals surface area contributed by atoms with Crippen molar-refractivity contribution in [2.75, 3.05) is 0 Å². The summed E-state index contributed by atoms with van der Waals surface area (Å²) >= 11 is 0. The zero-order chi connectivity index (χ0) is 15.3. The van der Waals surface area contributed by atoms with Crippen LogP contribution in [0.3, 0.4) is 0 Å². The maximum absolute atomic E-state index is 12.8. The van der Waals surface area contributed by atoms with Gasteiger partial charge in [0.1, 0.15) is 0 Å². The van der Waals surface area contributed by atoms with E-state index >= 15 is 0 Å². The zero-order valence-electron chi connectivity index (χ0n) is 12.8. The van der Waals surface area contributed by atoms with Gasteiger partial charge < -0.3 is 4.90 Å². The average Bonchev–Trinajstić information content (AvgIpc) is 3.29. The van der Waals surface area contributed by atoms with Crippen LogP contribution in [0, 0.1) is 0 Å². The van der Waals surface area contributed by atoms with Gasteiger partial charge in [-0.15, -0.1) is 0 Å². The molecule has 3 nitrogen and oxygen atoms in total. The highest BCUT2D eigenvalue weighted by Crippen LogP contribution is 2.44. The van der Waals surface area contributed by atoms with E-state index in [0.29, 0.717) is 18.9 Å². The second-order valence-corrected chi connectivity index (χ2v) is 6.88. The lowest BCUT2D eigenvalue weighted by atomic mass is 10.00. The first-order chi connectivity index (χ1) is 10.6. The summed E-state index contributed by atoms with van der Waals surface area (Å²) in [5.41, 5.74) is 4.33. The van der Waals surface area contributed by atoms with E-state index in [-0.39, 0.29) is 17.7 Å². The Bertz CT molecular complexity index is 672. The van der Waals surface area contributed by atoms with Crippen molar-refractivity contribution >= 4 is 11.7 Å². The van der Waals surface area contributed by atoms with E-state index < -0.39 is 0 Å². The average molecular weight is 295 g/mol. The van der Waals surface area contributed by atoms with Crippen LogP contribution in [0.5, 0.6) is 0 Å². The van der Waals surface area contributed by atoms with Gasteiger partial charge in [-0.1, -0.05) is 24.3 Å². The minimum Gasteiger partial charge on any atom is -0.324 e. The van der Waals surface area contributed by atoms with E-state index in [1.807, 2.05) is 17.0 Å². The molecule has 3 heteroatoms. The second-order valence-electron chi connectivity index (χ2n) is 6.88. The first-order valence-electron chi connectivity index (χ1n) is 8.27. The molecular weight excluding hydrogens is 274 g/mol. The van der Waals surface area contributed by atoms with Crippen molar-refractivity contribution in [3.63, 3.8) is 0 Å². The van der Waals surface area contributed by atoms with E-state index in [2.05, 4.69) is 12.6 Å². The van der Waals surface area contributed by atoms with Crippen LogP contribution >= 0.6 is 0 Å². The first-order valence-corrected chi connectivity index (χ1v) is 8.27. The van der Waals surface area contributed by atoms with Crippen LogP contribution in [0.1, 0.15) is 65.9 Å². The van der Waals surface area contributed by atoms with Crippen LogP contribution in [-0.4, -0.2) is 22.6 Å². The first kappa shape index (κ1) is 13.7. The molecule has 0 radical (unpaired) electrons. The summed E-state index contributed by atoms with van der Waals surface area (Å²) in [4.78, 5) is 27.1. The number of hydrogen-bond acceptors (Lipinski definition) is 2. The lowest BCUT2D eigenvalue weighted by molar-refractivity contribution is -0.122. The van der Waals surface area contributed by atoms with Crippen molar-refractivity contribution in [2.45, 2.75) is 57.0 Å². The maximum Gasteiger partial charge on any atom is 0.255 e. The third-order valence-corrected chi connectivity index (χ3v) is 5.23. The largest absolute Gasteiger partial charge is 0.324 e. The van der Waals surface area contributed by atoms with Crippen LogP contribution in [0.25, 0.3) is 0 Å². The van der Waals surface area contributed by atoms with Gasteiger partial charge in [-0.25, -0.2) is 0 Å². The zero-order valence-corrected chi connectivity index (χ0v) is 12.8. The fourth-order valence-corrected chi connectivity index (χ4v) is 3.90. The van der Waals surface area contributed by atoms with Gasteiger partial charge in [0.2, 0.25) is 0 Å². The Balaban J connectivity index is 1.65. The molecule has 1 amide bonds. The quantitative estimate of drug-likeness (QED) is 0.617. The van der Waals surface area contributed by atoms with E-state index in [1.54, 1.807) is 0 Å². The molecule has 3 aliphatic rings. The number of nitrogens with zero attached hydrogens (tertiary/aromatic N) is 1. The summed E-state index contributed by atoms with van der Waals surface area (Å²) in [5, 5.41) is 0. The van der Waals surface area contributed by atoms with Crippen LogP contribution in [0.4, 0.5) is 0 Å². The van der Waals surface area contributed by atoms with Crippen LogP contribution in [-0.2, 0) is 11.3 Å². The minimum absolute atomic E-state index is 0.0448. The molecule has 1 aromatic rings. The van der Waals surface area contributed by atoms with Crippen molar-refractivity contribution in [3.05, 3.63) is 47.0 Å². The van der Waals surface area contributed by atoms with Crippen molar-refractivity contribution in [3.8, 4) is 0 Å². The van der Waals surface area contributed by atoms with Gasteiger partial charge in [-0.2, -0.15) is 0 Å². The Morgan fingerprint density at radius 3 is 2.73 bits per heavy atom. The van der Waals surface area contributed by atoms with Gasteiger partial charge in [0.25, 0.3) is 5.91 Å². The predicted octanol–water partition coefficient (Wildman–Crippen LogP) is 3.59. The summed E-state index contributed by atoms with van der Waals surface area (Å²) in [6.45, 7) is 4.58. The number of carbonyl (C=O) groups is 2. The number of rotatable bonds is 2. The topological polar surface area (TPSA) is 37.4 Å². The summed E-state index contributed by atoms with van der Waals surface area (Å²) in [6, 6.07) is 5.81. The van der Waals surface area contributed by atoms with Crippen LogP contribution in [0.2, 0.25) is 0 Å². The third-order valence-electron chi connectivity index (χ3n) is 5.23. The molecule has 2 aliphatic carbocycles. The number of Topliss-reactive ketones (excluding diaryl/α,β-unsaturated/α-hetero) is 1. The molecule has 0 unspecified atom stereocenters. The lowest BCUT2D eigenvalue weighted by Gasteiger charge is -2.25. The Hall–Kier alpha value is -1.90. The molecule has 0 aromatic heterocycles. The Morgan fingerprint density at radius 2 is 1.95 bits per heavy atom. The number of amides is 1. The SMILES string of the molecule is C=C1CCC[C@H](N2Cc3c(cccc3C3CC3)C2=O)C(=O)C1. The molecule has 1 aromatic carbocycles. The molecule has 2 saturated carbocycles. The smallest absolute Gasteiger partial charge is 0.255 e. The normalized spacial score (nSPS) is 25.4. The Morgan fingerprint density at radius 1 is 1.14 bits per heavy atom. The predicted molar refractivity (Wildman–Crippen MR) is 84.7 cm³/mol. The number of ketones is 1. The third kappa shape index (κ3) is 2.20. The molecule has 114 valence electrons. The molecule has 0 bridgehead atoms. The number of carbonyl (C=O) groups excluding carboxylic acids is 2. The van der Waals surface area contributed by atoms with E-state index in [4.69, 9.17) is 0 Å². The summed E-state index contributed by atoms with van der Waals surface area (Å²) in [7, 11) is 0. The molecular formula is C19H21NO2. The van der Waals surface area contributed by atoms with Crippen molar-refractivity contribution in [2.24, 2.45) is 0 Å².